The second-order valence-corrected chi connectivity index (χ2v) is 7.40. The fourth-order valence-corrected chi connectivity index (χ4v) is 3.27. The molecule has 2 heterocycles. The Hall–Kier alpha value is -3.07. The number of nitrogens with zero attached hydrogens (tertiary/aromatic N) is 3. The van der Waals surface area contributed by atoms with Gasteiger partial charge >= 0.3 is 6.18 Å². The van der Waals surface area contributed by atoms with Gasteiger partial charge in [0.05, 0.1) is 30.5 Å². The van der Waals surface area contributed by atoms with Gasteiger partial charge in [-0.2, -0.15) is 18.3 Å². The molecule has 0 aliphatic rings. The average molecular weight is 453 g/mol. The lowest BCUT2D eigenvalue weighted by Gasteiger charge is -2.12. The monoisotopic (exact) mass is 452 g/mol. The molecule has 1 aromatic carbocycles. The number of ether oxygens (including phenoxy) is 1. The molecule has 0 aliphatic carbocycles. The van der Waals surface area contributed by atoms with Crippen LogP contribution in [-0.4, -0.2) is 27.8 Å². The quantitative estimate of drug-likeness (QED) is 0.588. The van der Waals surface area contributed by atoms with Crippen LogP contribution in [0.3, 0.4) is 0 Å². The number of hydrogen-bond donors (Lipinski definition) is 1. The molecule has 0 saturated heterocycles. The lowest BCUT2D eigenvalue weighted by molar-refractivity contribution is -0.137. The minimum Gasteiger partial charge on any atom is -0.495 e. The highest BCUT2D eigenvalue weighted by molar-refractivity contribution is 6.31. The van der Waals surface area contributed by atoms with Gasteiger partial charge in [-0.3, -0.25) is 4.79 Å². The number of aromatic nitrogens is 3. The average Bonchev–Trinajstić information content (AvgIpc) is 2.98. The third-order valence-electron chi connectivity index (χ3n) is 4.83. The Balaban J connectivity index is 1.83. The summed E-state index contributed by atoms with van der Waals surface area (Å²) in [6.07, 6.45) is -3.69. The van der Waals surface area contributed by atoms with Gasteiger partial charge in [0.2, 0.25) is 5.91 Å². The Morgan fingerprint density at radius 2 is 1.94 bits per heavy atom. The lowest BCUT2D eigenvalue weighted by Crippen LogP contribution is -2.16. The molecule has 0 unspecified atom stereocenters. The van der Waals surface area contributed by atoms with Crippen molar-refractivity contribution in [2.75, 3.05) is 12.4 Å². The maximum Gasteiger partial charge on any atom is 0.417 e. The summed E-state index contributed by atoms with van der Waals surface area (Å²) in [7, 11) is 1.48. The van der Waals surface area contributed by atoms with Crippen LogP contribution in [0.2, 0.25) is 5.02 Å². The number of nitrogens with one attached hydrogen (secondary N) is 1. The molecule has 0 saturated carbocycles. The van der Waals surface area contributed by atoms with Crippen LogP contribution >= 0.6 is 11.6 Å². The van der Waals surface area contributed by atoms with E-state index in [1.54, 1.807) is 26.0 Å². The van der Waals surface area contributed by atoms with Gasteiger partial charge < -0.3 is 10.1 Å². The molecule has 0 radical (unpaired) electrons. The van der Waals surface area contributed by atoms with Crippen molar-refractivity contribution in [1.29, 1.82) is 0 Å². The van der Waals surface area contributed by atoms with E-state index < -0.39 is 11.7 Å². The van der Waals surface area contributed by atoms with Gasteiger partial charge in [-0.25, -0.2) is 9.67 Å². The van der Waals surface area contributed by atoms with E-state index in [-0.39, 0.29) is 18.1 Å². The summed E-state index contributed by atoms with van der Waals surface area (Å²) in [4.78, 5) is 16.5. The van der Waals surface area contributed by atoms with Crippen molar-refractivity contribution in [2.45, 2.75) is 33.4 Å². The van der Waals surface area contributed by atoms with E-state index in [0.717, 1.165) is 17.8 Å². The number of amides is 1. The number of anilines is 1. The Labute approximate surface area is 182 Å². The molecular formula is C21H20ClF3N4O2. The molecule has 31 heavy (non-hydrogen) atoms. The Morgan fingerprint density at radius 3 is 2.52 bits per heavy atom. The summed E-state index contributed by atoms with van der Waals surface area (Å²) >= 11 is 6.10. The fourth-order valence-electron chi connectivity index (χ4n) is 3.12. The summed E-state index contributed by atoms with van der Waals surface area (Å²) < 4.78 is 45.0. The van der Waals surface area contributed by atoms with Crippen LogP contribution in [0, 0.1) is 20.8 Å². The molecule has 3 aromatic rings. The van der Waals surface area contributed by atoms with E-state index in [1.807, 2.05) is 6.92 Å². The van der Waals surface area contributed by atoms with Crippen molar-refractivity contribution in [3.05, 3.63) is 63.6 Å². The number of methoxy groups -OCH3 is 1. The van der Waals surface area contributed by atoms with E-state index in [2.05, 4.69) is 15.4 Å². The highest BCUT2D eigenvalue weighted by Crippen LogP contribution is 2.31. The van der Waals surface area contributed by atoms with Gasteiger partial charge in [-0.1, -0.05) is 11.6 Å². The van der Waals surface area contributed by atoms with Gasteiger partial charge in [0.15, 0.2) is 5.82 Å². The van der Waals surface area contributed by atoms with E-state index >= 15 is 0 Å². The molecule has 1 amide bonds. The zero-order chi connectivity index (χ0) is 22.9. The smallest absolute Gasteiger partial charge is 0.417 e. The molecule has 0 fully saturated rings. The minimum atomic E-state index is -4.47. The van der Waals surface area contributed by atoms with E-state index in [0.29, 0.717) is 33.4 Å². The number of halogens is 4. The molecule has 164 valence electrons. The molecule has 1 N–H and O–H groups in total. The zero-order valence-corrected chi connectivity index (χ0v) is 18.0. The second-order valence-electron chi connectivity index (χ2n) is 6.99. The molecule has 0 bridgehead atoms. The predicted octanol–water partition coefficient (Wildman–Crippen LogP) is 5.05. The van der Waals surface area contributed by atoms with Crippen molar-refractivity contribution < 1.29 is 22.7 Å². The third-order valence-corrected chi connectivity index (χ3v) is 5.23. The number of benzene rings is 1. The number of pyridine rings is 1. The van der Waals surface area contributed by atoms with E-state index in [4.69, 9.17) is 16.3 Å². The first-order valence-electron chi connectivity index (χ1n) is 9.24. The highest BCUT2D eigenvalue weighted by Gasteiger charge is 2.31. The first-order valence-corrected chi connectivity index (χ1v) is 9.61. The first kappa shape index (κ1) is 22.6. The van der Waals surface area contributed by atoms with Crippen molar-refractivity contribution in [2.24, 2.45) is 0 Å². The summed E-state index contributed by atoms with van der Waals surface area (Å²) in [6, 6.07) is 5.53. The molecule has 3 rings (SSSR count). The Morgan fingerprint density at radius 1 is 1.23 bits per heavy atom. The van der Waals surface area contributed by atoms with Gasteiger partial charge in [-0.15, -0.1) is 0 Å². The van der Waals surface area contributed by atoms with Crippen LogP contribution in [0.25, 0.3) is 5.82 Å². The first-order chi connectivity index (χ1) is 14.5. The molecule has 10 heteroatoms. The van der Waals surface area contributed by atoms with E-state index in [1.165, 1.54) is 17.9 Å². The van der Waals surface area contributed by atoms with Gasteiger partial charge in [0.1, 0.15) is 5.75 Å². The van der Waals surface area contributed by atoms with Crippen LogP contribution < -0.4 is 10.1 Å². The number of carbonyl (C=O) groups excluding carboxylic acids is 1. The van der Waals surface area contributed by atoms with Crippen molar-refractivity contribution in [1.82, 2.24) is 14.8 Å². The number of carbonyl (C=O) groups is 1. The van der Waals surface area contributed by atoms with Crippen LogP contribution in [0.4, 0.5) is 18.9 Å². The van der Waals surface area contributed by atoms with E-state index in [9.17, 15) is 18.0 Å². The maximum absolute atomic E-state index is 12.8. The van der Waals surface area contributed by atoms with Gasteiger partial charge in [0.25, 0.3) is 0 Å². The predicted molar refractivity (Wildman–Crippen MR) is 111 cm³/mol. The maximum atomic E-state index is 12.8. The summed E-state index contributed by atoms with van der Waals surface area (Å²) in [5.41, 5.74) is 2.27. The number of hydrogen-bond acceptors (Lipinski definition) is 4. The van der Waals surface area contributed by atoms with Crippen LogP contribution in [-0.2, 0) is 17.4 Å². The van der Waals surface area contributed by atoms with Gasteiger partial charge in [0, 0.05) is 28.5 Å². The Bertz CT molecular complexity index is 1130. The molecule has 0 atom stereocenters. The van der Waals surface area contributed by atoms with Crippen LogP contribution in [0.5, 0.6) is 5.75 Å². The van der Waals surface area contributed by atoms with Crippen LogP contribution in [0.15, 0.2) is 30.5 Å². The summed E-state index contributed by atoms with van der Waals surface area (Å²) in [6.45, 7) is 5.27. The van der Waals surface area contributed by atoms with Gasteiger partial charge in [-0.05, 0) is 44.5 Å². The fraction of sp³-hybridized carbons (Fsp3) is 0.286. The number of alkyl halides is 3. The topological polar surface area (TPSA) is 69.0 Å². The Kier molecular flexibility index (Phi) is 6.26. The lowest BCUT2D eigenvalue weighted by atomic mass is 10.1. The van der Waals surface area contributed by atoms with Crippen molar-refractivity contribution in [3.63, 3.8) is 0 Å². The molecule has 2 aromatic heterocycles. The summed E-state index contributed by atoms with van der Waals surface area (Å²) in [5.74, 6) is 0.364. The van der Waals surface area contributed by atoms with Crippen LogP contribution in [0.1, 0.15) is 28.1 Å². The third kappa shape index (κ3) is 4.82. The van der Waals surface area contributed by atoms with Crippen molar-refractivity contribution in [3.8, 4) is 11.6 Å². The van der Waals surface area contributed by atoms with Crippen molar-refractivity contribution >= 4 is 23.2 Å². The normalized spacial score (nSPS) is 11.5. The molecule has 6 nitrogen and oxygen atoms in total. The zero-order valence-electron chi connectivity index (χ0n) is 17.3. The summed E-state index contributed by atoms with van der Waals surface area (Å²) in [5, 5.41) is 7.67. The minimum absolute atomic E-state index is 0.0170. The highest BCUT2D eigenvalue weighted by atomic mass is 35.5. The number of aryl methyl sites for hydroxylation is 2. The molecule has 0 spiro atoms. The molecule has 0 aliphatic heterocycles. The second kappa shape index (κ2) is 8.58. The number of rotatable bonds is 5. The molecular weight excluding hydrogens is 433 g/mol. The largest absolute Gasteiger partial charge is 0.495 e. The SMILES string of the molecule is COc1cc(Cl)c(C)cc1NC(=O)Cc1c(C)nn(-c2ccc(C(F)(F)F)cn2)c1C. The standard InChI is InChI=1S/C21H20ClF3N4O2/c1-11-7-17(18(31-4)9-16(11)22)27-20(30)8-15-12(2)28-29(13(15)3)19-6-5-14(10-26-19)21(23,24)25/h5-7,9-10H,8H2,1-4H3,(H,27,30).